The first-order chi connectivity index (χ1) is 12.1. The molecule has 0 spiro atoms. The molecule has 1 unspecified atom stereocenters. The van der Waals surface area contributed by atoms with E-state index in [0.717, 1.165) is 18.4 Å². The van der Waals surface area contributed by atoms with Crippen LogP contribution in [0.3, 0.4) is 0 Å². The van der Waals surface area contributed by atoms with Crippen LogP contribution >= 0.6 is 11.6 Å². The van der Waals surface area contributed by atoms with E-state index in [9.17, 15) is 10.2 Å². The number of phenols is 2. The number of aromatic hydroxyl groups is 2. The summed E-state index contributed by atoms with van der Waals surface area (Å²) in [5.41, 5.74) is 0.865. The maximum Gasteiger partial charge on any atom is 0.134 e. The quantitative estimate of drug-likeness (QED) is 0.258. The third-order valence-electron chi connectivity index (χ3n) is 5.10. The van der Waals surface area contributed by atoms with E-state index in [-0.39, 0.29) is 16.5 Å². The zero-order chi connectivity index (χ0) is 18.5. The fourth-order valence-corrected chi connectivity index (χ4v) is 3.67. The van der Waals surface area contributed by atoms with E-state index in [1.807, 2.05) is 0 Å². The maximum atomic E-state index is 10.3. The van der Waals surface area contributed by atoms with Crippen LogP contribution in [0.2, 0.25) is 5.02 Å². The van der Waals surface area contributed by atoms with Crippen molar-refractivity contribution < 1.29 is 10.2 Å². The molecule has 0 saturated heterocycles. The van der Waals surface area contributed by atoms with E-state index in [1.165, 1.54) is 76.7 Å². The molecule has 2 nitrogen and oxygen atoms in total. The summed E-state index contributed by atoms with van der Waals surface area (Å²) in [6, 6.07) is 3.15. The summed E-state index contributed by atoms with van der Waals surface area (Å²) in [6.07, 6.45) is 16.1. The largest absolute Gasteiger partial charge is 0.508 e. The fourth-order valence-electron chi connectivity index (χ4n) is 3.52. The summed E-state index contributed by atoms with van der Waals surface area (Å²) in [5.74, 6) is 0.620. The second-order valence-corrected chi connectivity index (χ2v) is 7.73. The monoisotopic (exact) mass is 368 g/mol. The van der Waals surface area contributed by atoms with Gasteiger partial charge in [-0.1, -0.05) is 96.1 Å². The lowest BCUT2D eigenvalue weighted by molar-refractivity contribution is 0.430. The highest BCUT2D eigenvalue weighted by Crippen LogP contribution is 2.39. The summed E-state index contributed by atoms with van der Waals surface area (Å²) >= 11 is 5.91. The Balaban J connectivity index is 2.56. The van der Waals surface area contributed by atoms with Gasteiger partial charge >= 0.3 is 0 Å². The predicted octanol–water partition coefficient (Wildman–Crippen LogP) is 7.95. The van der Waals surface area contributed by atoms with Crippen LogP contribution in [0, 0.1) is 0 Å². The van der Waals surface area contributed by atoms with Gasteiger partial charge in [0, 0.05) is 11.6 Å². The number of benzene rings is 1. The van der Waals surface area contributed by atoms with E-state index < -0.39 is 0 Å². The Kier molecular flexibility index (Phi) is 11.8. The molecule has 0 heterocycles. The molecule has 0 amide bonds. The van der Waals surface area contributed by atoms with Crippen molar-refractivity contribution in [2.24, 2.45) is 0 Å². The molecule has 0 aliphatic heterocycles. The number of unbranched alkanes of at least 4 members (excludes halogenated alkanes) is 9. The van der Waals surface area contributed by atoms with Gasteiger partial charge in [-0.3, -0.25) is 0 Å². The SMILES string of the molecule is CCCCCCCCCC(CCCCCC)c1cc(O)c(Cl)cc1O. The van der Waals surface area contributed by atoms with Crippen molar-refractivity contribution in [3.8, 4) is 11.5 Å². The third kappa shape index (κ3) is 8.85. The van der Waals surface area contributed by atoms with Crippen molar-refractivity contribution in [2.75, 3.05) is 0 Å². The van der Waals surface area contributed by atoms with Gasteiger partial charge in [0.25, 0.3) is 0 Å². The lowest BCUT2D eigenvalue weighted by atomic mass is 9.87. The van der Waals surface area contributed by atoms with Gasteiger partial charge in [0.15, 0.2) is 0 Å². The lowest BCUT2D eigenvalue weighted by Crippen LogP contribution is -2.01. The van der Waals surface area contributed by atoms with Crippen LogP contribution in [0.25, 0.3) is 0 Å². The Morgan fingerprint density at radius 2 is 1.20 bits per heavy atom. The molecule has 3 heteroatoms. The lowest BCUT2D eigenvalue weighted by Gasteiger charge is -2.19. The summed E-state index contributed by atoms with van der Waals surface area (Å²) in [6.45, 7) is 4.47. The van der Waals surface area contributed by atoms with Gasteiger partial charge in [0.1, 0.15) is 11.5 Å². The van der Waals surface area contributed by atoms with Gasteiger partial charge in [0.2, 0.25) is 0 Å². The van der Waals surface area contributed by atoms with Crippen LogP contribution in [0.15, 0.2) is 12.1 Å². The van der Waals surface area contributed by atoms with Crippen LogP contribution in [0.1, 0.15) is 109 Å². The summed E-state index contributed by atoms with van der Waals surface area (Å²) < 4.78 is 0. The molecule has 0 saturated carbocycles. The van der Waals surface area contributed by atoms with Gasteiger partial charge < -0.3 is 10.2 Å². The van der Waals surface area contributed by atoms with Crippen LogP contribution < -0.4 is 0 Å². The second kappa shape index (κ2) is 13.3. The number of rotatable bonds is 14. The van der Waals surface area contributed by atoms with Crippen molar-refractivity contribution >= 4 is 11.6 Å². The first-order valence-corrected chi connectivity index (χ1v) is 10.7. The number of hydrogen-bond donors (Lipinski definition) is 2. The molecule has 0 aliphatic carbocycles. The van der Waals surface area contributed by atoms with Gasteiger partial charge in [-0.2, -0.15) is 0 Å². The van der Waals surface area contributed by atoms with E-state index in [0.29, 0.717) is 5.92 Å². The summed E-state index contributed by atoms with van der Waals surface area (Å²) in [4.78, 5) is 0. The Morgan fingerprint density at radius 3 is 1.76 bits per heavy atom. The van der Waals surface area contributed by atoms with Gasteiger partial charge in [-0.25, -0.2) is 0 Å². The van der Waals surface area contributed by atoms with Crippen LogP contribution in [-0.4, -0.2) is 10.2 Å². The normalized spacial score (nSPS) is 12.4. The molecule has 0 aliphatic rings. The topological polar surface area (TPSA) is 40.5 Å². The van der Waals surface area contributed by atoms with Gasteiger partial charge in [-0.15, -0.1) is 0 Å². The molecule has 1 rings (SSSR count). The molecule has 0 fully saturated rings. The fraction of sp³-hybridized carbons (Fsp3) is 0.727. The molecular formula is C22H37ClO2. The first-order valence-electron chi connectivity index (χ1n) is 10.3. The molecule has 0 bridgehead atoms. The molecule has 1 aromatic carbocycles. The molecule has 2 N–H and O–H groups in total. The molecular weight excluding hydrogens is 332 g/mol. The molecule has 144 valence electrons. The minimum atomic E-state index is 0.0765. The van der Waals surface area contributed by atoms with Gasteiger partial charge in [-0.05, 0) is 24.8 Å². The van der Waals surface area contributed by atoms with Crippen LogP contribution in [0.5, 0.6) is 11.5 Å². The Bertz CT molecular complexity index is 473. The average Bonchev–Trinajstić information content (AvgIpc) is 2.59. The van der Waals surface area contributed by atoms with E-state index in [2.05, 4.69) is 13.8 Å². The highest BCUT2D eigenvalue weighted by Gasteiger charge is 2.17. The average molecular weight is 369 g/mol. The van der Waals surface area contributed by atoms with Crippen molar-refractivity contribution in [2.45, 2.75) is 103 Å². The van der Waals surface area contributed by atoms with Crippen molar-refractivity contribution in [3.05, 3.63) is 22.7 Å². The minimum absolute atomic E-state index is 0.0765. The summed E-state index contributed by atoms with van der Waals surface area (Å²) in [5, 5.41) is 20.4. The summed E-state index contributed by atoms with van der Waals surface area (Å²) in [7, 11) is 0. The number of phenolic OH excluding ortho intramolecular Hbond substituents is 2. The number of hydrogen-bond acceptors (Lipinski definition) is 2. The smallest absolute Gasteiger partial charge is 0.134 e. The Hall–Kier alpha value is -0.890. The van der Waals surface area contributed by atoms with Crippen molar-refractivity contribution in [1.82, 2.24) is 0 Å². The van der Waals surface area contributed by atoms with Crippen molar-refractivity contribution in [1.29, 1.82) is 0 Å². The first kappa shape index (κ1) is 22.2. The van der Waals surface area contributed by atoms with Crippen LogP contribution in [-0.2, 0) is 0 Å². The van der Waals surface area contributed by atoms with E-state index in [4.69, 9.17) is 11.6 Å². The molecule has 25 heavy (non-hydrogen) atoms. The predicted molar refractivity (Wildman–Crippen MR) is 109 cm³/mol. The zero-order valence-corrected chi connectivity index (χ0v) is 17.0. The zero-order valence-electron chi connectivity index (χ0n) is 16.2. The van der Waals surface area contributed by atoms with E-state index in [1.54, 1.807) is 6.07 Å². The minimum Gasteiger partial charge on any atom is -0.508 e. The number of halogens is 1. The Morgan fingerprint density at radius 1 is 0.720 bits per heavy atom. The molecule has 0 aromatic heterocycles. The third-order valence-corrected chi connectivity index (χ3v) is 5.40. The molecule has 0 radical (unpaired) electrons. The highest BCUT2D eigenvalue weighted by molar-refractivity contribution is 6.32. The van der Waals surface area contributed by atoms with Gasteiger partial charge in [0.05, 0.1) is 5.02 Å². The standard InChI is InChI=1S/C22H37ClO2/c1-3-5-7-9-10-11-13-15-18(14-12-8-6-4-2)19-16-22(25)20(23)17-21(19)24/h16-18,24-25H,3-15H2,1-2H3. The van der Waals surface area contributed by atoms with Crippen molar-refractivity contribution in [3.63, 3.8) is 0 Å². The highest BCUT2D eigenvalue weighted by atomic mass is 35.5. The van der Waals surface area contributed by atoms with Crippen LogP contribution in [0.4, 0.5) is 0 Å². The Labute approximate surface area is 159 Å². The molecule has 1 aromatic rings. The second-order valence-electron chi connectivity index (χ2n) is 7.32. The molecule has 1 atom stereocenters. The van der Waals surface area contributed by atoms with E-state index >= 15 is 0 Å². The maximum absolute atomic E-state index is 10.3.